The minimum atomic E-state index is -0.0170. The van der Waals surface area contributed by atoms with E-state index in [1.807, 2.05) is 51.1 Å². The highest BCUT2D eigenvalue weighted by molar-refractivity contribution is 14.0. The highest BCUT2D eigenvalue weighted by atomic mass is 127. The molecule has 1 atom stereocenters. The molecule has 31 heavy (non-hydrogen) atoms. The lowest BCUT2D eigenvalue weighted by molar-refractivity contribution is 0.287. The number of aliphatic imine (C=N–C) groups is 1. The number of aromatic hydroxyl groups is 1. The number of nitrogens with one attached hydrogen (secondary N) is 2. The first-order valence-electron chi connectivity index (χ1n) is 10.3. The number of benzene rings is 2. The van der Waals surface area contributed by atoms with Crippen LogP contribution in [-0.4, -0.2) is 37.9 Å². The Bertz CT molecular complexity index is 846. The molecule has 0 aliphatic carbocycles. The molecule has 0 saturated heterocycles. The molecule has 0 heterocycles. The molecule has 172 valence electrons. The largest absolute Gasteiger partial charge is 0.504 e. The number of phenolic OH excluding ortho intramolecular Hbond substituents is 1. The Kier molecular flexibility index (Phi) is 11.9. The quantitative estimate of drug-likeness (QED) is 0.230. The van der Waals surface area contributed by atoms with Crippen molar-refractivity contribution in [3.05, 3.63) is 47.5 Å². The molecule has 1 unspecified atom stereocenters. The Morgan fingerprint density at radius 2 is 1.74 bits per heavy atom. The number of methoxy groups -OCH3 is 1. The molecule has 0 aliphatic rings. The van der Waals surface area contributed by atoms with Crippen LogP contribution in [0, 0.1) is 0 Å². The van der Waals surface area contributed by atoms with Crippen LogP contribution in [0.4, 0.5) is 0 Å². The van der Waals surface area contributed by atoms with Crippen molar-refractivity contribution in [2.75, 3.05) is 26.9 Å². The van der Waals surface area contributed by atoms with E-state index >= 15 is 0 Å². The average Bonchev–Trinajstić information content (AvgIpc) is 2.74. The summed E-state index contributed by atoms with van der Waals surface area (Å²) in [5, 5.41) is 16.9. The van der Waals surface area contributed by atoms with Gasteiger partial charge < -0.3 is 30.0 Å². The Morgan fingerprint density at radius 3 is 2.39 bits per heavy atom. The Labute approximate surface area is 202 Å². The first kappa shape index (κ1) is 26.7. The van der Waals surface area contributed by atoms with E-state index in [9.17, 15) is 5.11 Å². The Morgan fingerprint density at radius 1 is 1.03 bits per heavy atom. The van der Waals surface area contributed by atoms with Gasteiger partial charge >= 0.3 is 0 Å². The van der Waals surface area contributed by atoms with Crippen LogP contribution in [0.3, 0.4) is 0 Å². The highest BCUT2D eigenvalue weighted by Gasteiger charge is 2.13. The van der Waals surface area contributed by atoms with Gasteiger partial charge in [0.1, 0.15) is 0 Å². The van der Waals surface area contributed by atoms with Crippen LogP contribution in [0.2, 0.25) is 0 Å². The number of phenols is 1. The first-order chi connectivity index (χ1) is 14.5. The number of hydrogen-bond donors (Lipinski definition) is 3. The summed E-state index contributed by atoms with van der Waals surface area (Å²) in [7, 11) is 1.53. The zero-order chi connectivity index (χ0) is 21.9. The van der Waals surface area contributed by atoms with Crippen molar-refractivity contribution in [1.82, 2.24) is 10.6 Å². The van der Waals surface area contributed by atoms with Gasteiger partial charge in [-0.25, -0.2) is 4.99 Å². The standard InChI is InChI=1S/C23H33N3O4.HI/c1-6-24-23(25-15-18-10-9-11-20(28-5)22(18)27)26-16(4)17-12-13-19(29-7-2)21(14-17)30-8-3;/h9-14,16,27H,6-8,15H2,1-5H3,(H2,24,25,26);1H. The van der Waals surface area contributed by atoms with E-state index in [1.165, 1.54) is 7.11 Å². The third kappa shape index (κ3) is 7.68. The van der Waals surface area contributed by atoms with Gasteiger partial charge in [-0.15, -0.1) is 24.0 Å². The summed E-state index contributed by atoms with van der Waals surface area (Å²) in [4.78, 5) is 4.61. The fraction of sp³-hybridized carbons (Fsp3) is 0.435. The number of para-hydroxylation sites is 1. The Hall–Kier alpha value is -2.36. The number of guanidine groups is 1. The van der Waals surface area contributed by atoms with Crippen molar-refractivity contribution >= 4 is 29.9 Å². The van der Waals surface area contributed by atoms with Gasteiger partial charge in [0.25, 0.3) is 0 Å². The van der Waals surface area contributed by atoms with Crippen molar-refractivity contribution < 1.29 is 19.3 Å². The minimum Gasteiger partial charge on any atom is -0.504 e. The monoisotopic (exact) mass is 543 g/mol. The number of ether oxygens (including phenoxy) is 3. The Balaban J connectivity index is 0.00000480. The van der Waals surface area contributed by atoms with Gasteiger partial charge in [0.2, 0.25) is 0 Å². The van der Waals surface area contributed by atoms with Gasteiger partial charge in [0.05, 0.1) is 32.9 Å². The molecule has 2 aromatic carbocycles. The lowest BCUT2D eigenvalue weighted by Gasteiger charge is -2.20. The fourth-order valence-electron chi connectivity index (χ4n) is 2.97. The van der Waals surface area contributed by atoms with Crippen LogP contribution in [0.15, 0.2) is 41.4 Å². The highest BCUT2D eigenvalue weighted by Crippen LogP contribution is 2.31. The zero-order valence-electron chi connectivity index (χ0n) is 18.9. The first-order valence-corrected chi connectivity index (χ1v) is 10.3. The van der Waals surface area contributed by atoms with E-state index in [1.54, 1.807) is 6.07 Å². The van der Waals surface area contributed by atoms with E-state index in [2.05, 4.69) is 22.5 Å². The van der Waals surface area contributed by atoms with Crippen molar-refractivity contribution in [2.45, 2.75) is 40.3 Å². The van der Waals surface area contributed by atoms with Crippen LogP contribution in [-0.2, 0) is 6.54 Å². The van der Waals surface area contributed by atoms with Gasteiger partial charge in [0.15, 0.2) is 29.0 Å². The van der Waals surface area contributed by atoms with E-state index in [-0.39, 0.29) is 35.8 Å². The summed E-state index contributed by atoms with van der Waals surface area (Å²) in [5.74, 6) is 2.67. The number of rotatable bonds is 10. The van der Waals surface area contributed by atoms with E-state index in [0.717, 1.165) is 23.6 Å². The van der Waals surface area contributed by atoms with Crippen LogP contribution < -0.4 is 24.8 Å². The van der Waals surface area contributed by atoms with Crippen molar-refractivity contribution in [3.8, 4) is 23.0 Å². The molecule has 3 N–H and O–H groups in total. The van der Waals surface area contributed by atoms with E-state index in [4.69, 9.17) is 14.2 Å². The third-order valence-corrected chi connectivity index (χ3v) is 4.47. The van der Waals surface area contributed by atoms with E-state index in [0.29, 0.717) is 37.0 Å². The van der Waals surface area contributed by atoms with Gasteiger partial charge in [-0.05, 0) is 51.5 Å². The predicted octanol–water partition coefficient (Wildman–Crippen LogP) is 4.63. The van der Waals surface area contributed by atoms with Crippen molar-refractivity contribution in [2.24, 2.45) is 4.99 Å². The molecule has 7 nitrogen and oxygen atoms in total. The maximum atomic E-state index is 10.3. The maximum absolute atomic E-state index is 10.3. The van der Waals surface area contributed by atoms with Crippen LogP contribution in [0.25, 0.3) is 0 Å². The maximum Gasteiger partial charge on any atom is 0.192 e. The van der Waals surface area contributed by atoms with Gasteiger partial charge in [0, 0.05) is 12.1 Å². The molecule has 2 aromatic rings. The second-order valence-corrected chi connectivity index (χ2v) is 6.60. The van der Waals surface area contributed by atoms with Crippen LogP contribution in [0.1, 0.15) is 44.9 Å². The summed E-state index contributed by atoms with van der Waals surface area (Å²) in [6.45, 7) is 10.2. The molecule has 0 spiro atoms. The molecule has 8 heteroatoms. The molecular weight excluding hydrogens is 509 g/mol. The molecule has 0 aromatic heterocycles. The van der Waals surface area contributed by atoms with Crippen LogP contribution >= 0.6 is 24.0 Å². The van der Waals surface area contributed by atoms with Crippen LogP contribution in [0.5, 0.6) is 23.0 Å². The smallest absolute Gasteiger partial charge is 0.192 e. The third-order valence-electron chi connectivity index (χ3n) is 4.47. The molecule has 0 bridgehead atoms. The zero-order valence-corrected chi connectivity index (χ0v) is 21.2. The lowest BCUT2D eigenvalue weighted by atomic mass is 10.1. The SMILES string of the molecule is CCNC(=NCc1cccc(OC)c1O)NC(C)c1ccc(OCC)c(OCC)c1.I. The van der Waals surface area contributed by atoms with Gasteiger partial charge in [-0.3, -0.25) is 0 Å². The average molecular weight is 543 g/mol. The molecule has 2 rings (SSSR count). The van der Waals surface area contributed by atoms with Gasteiger partial charge in [-0.1, -0.05) is 18.2 Å². The van der Waals surface area contributed by atoms with E-state index < -0.39 is 0 Å². The fourth-order valence-corrected chi connectivity index (χ4v) is 2.97. The summed E-state index contributed by atoms with van der Waals surface area (Å²) < 4.78 is 16.5. The minimum absolute atomic E-state index is 0. The molecule has 0 amide bonds. The van der Waals surface area contributed by atoms with Crippen molar-refractivity contribution in [3.63, 3.8) is 0 Å². The summed E-state index contributed by atoms with van der Waals surface area (Å²) >= 11 is 0. The lowest BCUT2D eigenvalue weighted by Crippen LogP contribution is -2.38. The second kappa shape index (κ2) is 13.8. The molecule has 0 aliphatic heterocycles. The topological polar surface area (TPSA) is 84.3 Å². The molecule has 0 saturated carbocycles. The summed E-state index contributed by atoms with van der Waals surface area (Å²) in [6, 6.07) is 11.3. The van der Waals surface area contributed by atoms with Crippen molar-refractivity contribution in [1.29, 1.82) is 0 Å². The summed E-state index contributed by atoms with van der Waals surface area (Å²) in [6.07, 6.45) is 0. The van der Waals surface area contributed by atoms with Gasteiger partial charge in [-0.2, -0.15) is 0 Å². The molecular formula is C23H34IN3O4. The predicted molar refractivity (Wildman–Crippen MR) is 135 cm³/mol. The molecule has 0 fully saturated rings. The number of halogens is 1. The summed E-state index contributed by atoms with van der Waals surface area (Å²) in [5.41, 5.74) is 1.75. The number of hydrogen-bond acceptors (Lipinski definition) is 5. The normalized spacial score (nSPS) is 11.8. The number of nitrogens with zero attached hydrogens (tertiary/aromatic N) is 1. The molecule has 0 radical (unpaired) electrons. The second-order valence-electron chi connectivity index (χ2n) is 6.60.